The minimum atomic E-state index is -0.456. The Morgan fingerprint density at radius 2 is 2.39 bits per heavy atom. The summed E-state index contributed by atoms with van der Waals surface area (Å²) < 4.78 is 10.8. The van der Waals surface area contributed by atoms with Crippen LogP contribution in [0.2, 0.25) is 0 Å². The molecule has 6 heteroatoms. The molecule has 1 saturated heterocycles. The highest BCUT2D eigenvalue weighted by Crippen LogP contribution is 2.22. The molecule has 1 aliphatic heterocycles. The van der Waals surface area contributed by atoms with E-state index < -0.39 is 5.60 Å². The van der Waals surface area contributed by atoms with Crippen molar-refractivity contribution in [3.63, 3.8) is 0 Å². The van der Waals surface area contributed by atoms with Crippen molar-refractivity contribution in [2.75, 3.05) is 13.2 Å². The topological polar surface area (TPSA) is 67.4 Å². The average Bonchev–Trinajstić information content (AvgIpc) is 2.65. The average molecular weight is 253 g/mol. The molecule has 1 aliphatic rings. The van der Waals surface area contributed by atoms with Crippen LogP contribution < -0.4 is 4.74 Å². The normalized spacial score (nSPS) is 19.3. The van der Waals surface area contributed by atoms with Gasteiger partial charge in [0.25, 0.3) is 0 Å². The first-order chi connectivity index (χ1) is 8.46. The standard InChI is InChI=1S/C12H19N3O3/c1-12(2,3)18-11(16)15-5-4-9(15)8-17-10-6-13-14-7-10/h6-7,9H,4-5,8H2,1-3H3,(H,13,14). The molecule has 1 atom stereocenters. The molecular weight excluding hydrogens is 234 g/mol. The summed E-state index contributed by atoms with van der Waals surface area (Å²) in [5.41, 5.74) is -0.456. The Morgan fingerprint density at radius 1 is 1.61 bits per heavy atom. The first kappa shape index (κ1) is 12.7. The maximum atomic E-state index is 11.8. The van der Waals surface area contributed by atoms with Crippen molar-refractivity contribution in [1.82, 2.24) is 15.1 Å². The highest BCUT2D eigenvalue weighted by atomic mass is 16.6. The number of likely N-dealkylation sites (tertiary alicyclic amines) is 1. The van der Waals surface area contributed by atoms with Gasteiger partial charge in [0.2, 0.25) is 0 Å². The molecule has 0 radical (unpaired) electrons. The lowest BCUT2D eigenvalue weighted by atomic mass is 10.1. The number of ether oxygens (including phenoxy) is 2. The van der Waals surface area contributed by atoms with Gasteiger partial charge in [-0.1, -0.05) is 0 Å². The highest BCUT2D eigenvalue weighted by molar-refractivity contribution is 5.69. The monoisotopic (exact) mass is 253 g/mol. The molecule has 1 aromatic heterocycles. The Balaban J connectivity index is 1.79. The van der Waals surface area contributed by atoms with E-state index in [1.54, 1.807) is 17.3 Å². The maximum absolute atomic E-state index is 11.8. The van der Waals surface area contributed by atoms with Crippen molar-refractivity contribution in [3.8, 4) is 5.75 Å². The van der Waals surface area contributed by atoms with E-state index >= 15 is 0 Å². The van der Waals surface area contributed by atoms with Gasteiger partial charge < -0.3 is 14.4 Å². The summed E-state index contributed by atoms with van der Waals surface area (Å²) >= 11 is 0. The van der Waals surface area contributed by atoms with Crippen LogP contribution in [0.15, 0.2) is 12.4 Å². The van der Waals surface area contributed by atoms with Crippen molar-refractivity contribution in [2.45, 2.75) is 38.8 Å². The minimum absolute atomic E-state index is 0.0924. The predicted octanol–water partition coefficient (Wildman–Crippen LogP) is 1.80. The van der Waals surface area contributed by atoms with E-state index in [2.05, 4.69) is 10.2 Å². The summed E-state index contributed by atoms with van der Waals surface area (Å²) in [4.78, 5) is 13.5. The van der Waals surface area contributed by atoms with Gasteiger partial charge in [0.1, 0.15) is 12.2 Å². The number of aromatic nitrogens is 2. The number of hydrogen-bond acceptors (Lipinski definition) is 4. The van der Waals surface area contributed by atoms with Gasteiger partial charge in [-0.25, -0.2) is 4.79 Å². The van der Waals surface area contributed by atoms with Crippen molar-refractivity contribution in [3.05, 3.63) is 12.4 Å². The molecule has 6 nitrogen and oxygen atoms in total. The van der Waals surface area contributed by atoms with Crippen molar-refractivity contribution < 1.29 is 14.3 Å². The highest BCUT2D eigenvalue weighted by Gasteiger charge is 2.35. The molecule has 2 rings (SSSR count). The Morgan fingerprint density at radius 3 is 2.89 bits per heavy atom. The second kappa shape index (κ2) is 4.88. The third kappa shape index (κ3) is 3.15. The van der Waals surface area contributed by atoms with Crippen molar-refractivity contribution in [2.24, 2.45) is 0 Å². The molecule has 0 aromatic carbocycles. The van der Waals surface area contributed by atoms with E-state index in [-0.39, 0.29) is 12.1 Å². The van der Waals surface area contributed by atoms with Crippen LogP contribution in [0.25, 0.3) is 0 Å². The first-order valence-corrected chi connectivity index (χ1v) is 6.07. The zero-order valence-electron chi connectivity index (χ0n) is 11.0. The molecule has 1 N–H and O–H groups in total. The summed E-state index contributed by atoms with van der Waals surface area (Å²) in [5, 5.41) is 6.47. The fraction of sp³-hybridized carbons (Fsp3) is 0.667. The van der Waals surface area contributed by atoms with Gasteiger partial charge >= 0.3 is 6.09 Å². The number of carbonyl (C=O) groups excluding carboxylic acids is 1. The Bertz CT molecular complexity index is 397. The summed E-state index contributed by atoms with van der Waals surface area (Å²) in [5.74, 6) is 0.686. The summed E-state index contributed by atoms with van der Waals surface area (Å²) in [6.07, 6.45) is 3.96. The second-order valence-electron chi connectivity index (χ2n) is 5.36. The van der Waals surface area contributed by atoms with E-state index in [1.165, 1.54) is 0 Å². The van der Waals surface area contributed by atoms with E-state index in [0.29, 0.717) is 12.4 Å². The fourth-order valence-electron chi connectivity index (χ4n) is 1.69. The smallest absolute Gasteiger partial charge is 0.410 e. The molecular formula is C12H19N3O3. The van der Waals surface area contributed by atoms with Crippen LogP contribution >= 0.6 is 0 Å². The summed E-state index contributed by atoms with van der Waals surface area (Å²) in [6.45, 7) is 6.79. The molecule has 0 saturated carbocycles. The molecule has 1 amide bonds. The molecule has 0 aliphatic carbocycles. The molecule has 0 spiro atoms. The zero-order valence-corrected chi connectivity index (χ0v) is 11.0. The van der Waals surface area contributed by atoms with Crippen LogP contribution in [0.4, 0.5) is 4.79 Å². The summed E-state index contributed by atoms with van der Waals surface area (Å²) in [6, 6.07) is 0.0924. The van der Waals surface area contributed by atoms with Crippen LogP contribution in [0.1, 0.15) is 27.2 Å². The predicted molar refractivity (Wildman–Crippen MR) is 65.4 cm³/mol. The SMILES string of the molecule is CC(C)(C)OC(=O)N1CCC1COc1cn[nH]c1. The van der Waals surface area contributed by atoms with Crippen LogP contribution in [0, 0.1) is 0 Å². The largest absolute Gasteiger partial charge is 0.488 e. The molecule has 1 aromatic rings. The van der Waals surface area contributed by atoms with E-state index in [1.807, 2.05) is 20.8 Å². The molecule has 18 heavy (non-hydrogen) atoms. The van der Waals surface area contributed by atoms with Crippen LogP contribution in [-0.4, -0.2) is 46.0 Å². The second-order valence-corrected chi connectivity index (χ2v) is 5.36. The number of hydrogen-bond donors (Lipinski definition) is 1. The lowest BCUT2D eigenvalue weighted by Gasteiger charge is -2.40. The van der Waals surface area contributed by atoms with Crippen LogP contribution in [-0.2, 0) is 4.74 Å². The van der Waals surface area contributed by atoms with Crippen LogP contribution in [0.3, 0.4) is 0 Å². The van der Waals surface area contributed by atoms with Gasteiger partial charge in [0.15, 0.2) is 5.75 Å². The first-order valence-electron chi connectivity index (χ1n) is 6.07. The number of rotatable bonds is 3. The Labute approximate surface area is 106 Å². The third-order valence-electron chi connectivity index (χ3n) is 2.69. The van der Waals surface area contributed by atoms with Crippen molar-refractivity contribution in [1.29, 1.82) is 0 Å². The number of nitrogens with zero attached hydrogens (tertiary/aromatic N) is 2. The molecule has 1 unspecified atom stereocenters. The van der Waals surface area contributed by atoms with E-state index in [0.717, 1.165) is 13.0 Å². The molecule has 100 valence electrons. The fourth-order valence-corrected chi connectivity index (χ4v) is 1.69. The maximum Gasteiger partial charge on any atom is 0.410 e. The Kier molecular flexibility index (Phi) is 3.45. The lowest BCUT2D eigenvalue weighted by molar-refractivity contribution is -0.0141. The van der Waals surface area contributed by atoms with Gasteiger partial charge in [-0.2, -0.15) is 5.10 Å². The Hall–Kier alpha value is -1.72. The van der Waals surface area contributed by atoms with Crippen LogP contribution in [0.5, 0.6) is 5.75 Å². The number of aromatic amines is 1. The quantitative estimate of drug-likeness (QED) is 0.891. The lowest BCUT2D eigenvalue weighted by Crippen LogP contribution is -2.55. The van der Waals surface area contributed by atoms with Gasteiger partial charge in [-0.15, -0.1) is 0 Å². The number of carbonyl (C=O) groups is 1. The molecule has 1 fully saturated rings. The van der Waals surface area contributed by atoms with Gasteiger partial charge in [0.05, 0.1) is 18.4 Å². The molecule has 0 bridgehead atoms. The number of amides is 1. The molecule has 2 heterocycles. The third-order valence-corrected chi connectivity index (χ3v) is 2.69. The summed E-state index contributed by atoms with van der Waals surface area (Å²) in [7, 11) is 0. The van der Waals surface area contributed by atoms with Gasteiger partial charge in [-0.05, 0) is 27.2 Å². The van der Waals surface area contributed by atoms with Gasteiger partial charge in [-0.3, -0.25) is 5.10 Å². The zero-order chi connectivity index (χ0) is 13.2. The van der Waals surface area contributed by atoms with Crippen molar-refractivity contribution >= 4 is 6.09 Å². The number of H-pyrrole nitrogens is 1. The minimum Gasteiger partial charge on any atom is -0.488 e. The van der Waals surface area contributed by atoms with E-state index in [9.17, 15) is 4.79 Å². The van der Waals surface area contributed by atoms with Gasteiger partial charge in [0, 0.05) is 6.54 Å². The number of nitrogens with one attached hydrogen (secondary N) is 1. The van der Waals surface area contributed by atoms with E-state index in [4.69, 9.17) is 9.47 Å².